The summed E-state index contributed by atoms with van der Waals surface area (Å²) in [5.74, 6) is 0. The second-order valence-corrected chi connectivity index (χ2v) is 4.76. The molecular weight excluding hydrogens is 188 g/mol. The maximum absolute atomic E-state index is 5.56. The number of rotatable bonds is 5. The van der Waals surface area contributed by atoms with E-state index < -0.39 is 0 Å². The van der Waals surface area contributed by atoms with Crippen LogP contribution >= 0.6 is 0 Å². The minimum Gasteiger partial charge on any atom is -0.333 e. The number of likely N-dealkylation sites (N-methyl/N-ethyl adjacent to an activating group) is 1. The van der Waals surface area contributed by atoms with Crippen LogP contribution in [0.2, 0.25) is 0 Å². The van der Waals surface area contributed by atoms with E-state index in [0.29, 0.717) is 6.54 Å². The van der Waals surface area contributed by atoms with Crippen molar-refractivity contribution in [3.05, 3.63) is 18.2 Å². The van der Waals surface area contributed by atoms with Gasteiger partial charge in [0.25, 0.3) is 0 Å². The fourth-order valence-corrected chi connectivity index (χ4v) is 1.40. The predicted molar refractivity (Wildman–Crippen MR) is 62.8 cm³/mol. The fourth-order valence-electron chi connectivity index (χ4n) is 1.40. The third-order valence-electron chi connectivity index (χ3n) is 2.97. The maximum Gasteiger partial charge on any atom is 0.0948 e. The molecular formula is C11H22N4. The van der Waals surface area contributed by atoms with Gasteiger partial charge in [-0.25, -0.2) is 4.98 Å². The molecule has 4 heteroatoms. The average molecular weight is 210 g/mol. The van der Waals surface area contributed by atoms with E-state index in [2.05, 4.69) is 42.4 Å². The Morgan fingerprint density at radius 3 is 2.67 bits per heavy atom. The van der Waals surface area contributed by atoms with Gasteiger partial charge in [0.05, 0.1) is 6.33 Å². The highest BCUT2D eigenvalue weighted by Gasteiger charge is 2.21. The van der Waals surface area contributed by atoms with Crippen LogP contribution in [0.15, 0.2) is 12.5 Å². The zero-order valence-electron chi connectivity index (χ0n) is 10.2. The number of nitrogens with two attached hydrogens (primary N) is 1. The van der Waals surface area contributed by atoms with Gasteiger partial charge in [0.15, 0.2) is 0 Å². The van der Waals surface area contributed by atoms with Gasteiger partial charge in [-0.1, -0.05) is 0 Å². The summed E-state index contributed by atoms with van der Waals surface area (Å²) in [5.41, 5.74) is 6.90. The van der Waals surface area contributed by atoms with Crippen LogP contribution in [0.1, 0.15) is 19.5 Å². The molecule has 0 radical (unpaired) electrons. The molecule has 0 bridgehead atoms. The lowest BCUT2D eigenvalue weighted by molar-refractivity contribution is 0.168. The Labute approximate surface area is 92.1 Å². The Hall–Kier alpha value is -0.870. The first kappa shape index (κ1) is 12.2. The van der Waals surface area contributed by atoms with Crippen molar-refractivity contribution in [2.75, 3.05) is 20.6 Å². The molecule has 4 nitrogen and oxygen atoms in total. The lowest BCUT2D eigenvalue weighted by atomic mass is 10.0. The van der Waals surface area contributed by atoms with Gasteiger partial charge >= 0.3 is 0 Å². The molecule has 1 aromatic rings. The molecule has 0 atom stereocenters. The highest BCUT2D eigenvalue weighted by molar-refractivity contribution is 5.00. The Morgan fingerprint density at radius 2 is 2.13 bits per heavy atom. The van der Waals surface area contributed by atoms with Gasteiger partial charge in [-0.2, -0.15) is 0 Å². The van der Waals surface area contributed by atoms with Crippen LogP contribution in [0.25, 0.3) is 0 Å². The van der Waals surface area contributed by atoms with Crippen molar-refractivity contribution in [1.29, 1.82) is 0 Å². The smallest absolute Gasteiger partial charge is 0.0948 e. The van der Waals surface area contributed by atoms with Crippen LogP contribution in [0.3, 0.4) is 0 Å². The Morgan fingerprint density at radius 1 is 1.47 bits per heavy atom. The predicted octanol–water partition coefficient (Wildman–Crippen LogP) is 0.725. The van der Waals surface area contributed by atoms with Gasteiger partial charge in [-0.05, 0) is 34.5 Å². The molecule has 0 aliphatic carbocycles. The number of hydrogen-bond acceptors (Lipinski definition) is 3. The maximum atomic E-state index is 5.56. The summed E-state index contributed by atoms with van der Waals surface area (Å²) < 4.78 is 2.19. The molecule has 1 rings (SSSR count). The molecule has 0 saturated carbocycles. The van der Waals surface area contributed by atoms with E-state index in [1.165, 1.54) is 5.69 Å². The molecule has 0 amide bonds. The van der Waals surface area contributed by atoms with Gasteiger partial charge in [0, 0.05) is 30.4 Å². The lowest BCUT2D eigenvalue weighted by Crippen LogP contribution is -2.42. The van der Waals surface area contributed by atoms with Crippen LogP contribution in [0.4, 0.5) is 0 Å². The summed E-state index contributed by atoms with van der Waals surface area (Å²) in [6, 6.07) is 0. The van der Waals surface area contributed by atoms with E-state index in [1.807, 2.05) is 12.5 Å². The van der Waals surface area contributed by atoms with E-state index in [4.69, 9.17) is 5.73 Å². The highest BCUT2D eigenvalue weighted by atomic mass is 15.2. The lowest BCUT2D eigenvalue weighted by Gasteiger charge is -2.33. The third-order valence-corrected chi connectivity index (χ3v) is 2.97. The first-order valence-electron chi connectivity index (χ1n) is 5.34. The summed E-state index contributed by atoms with van der Waals surface area (Å²) in [6.07, 6.45) is 4.68. The SMILES string of the molecule is CN(C)C(C)(C)Cn1cncc1CCN. The van der Waals surface area contributed by atoms with Crippen molar-refractivity contribution in [2.24, 2.45) is 5.73 Å². The number of hydrogen-bond donors (Lipinski definition) is 1. The molecule has 0 fully saturated rings. The number of aromatic nitrogens is 2. The normalized spacial score (nSPS) is 12.4. The van der Waals surface area contributed by atoms with Crippen LogP contribution in [0.5, 0.6) is 0 Å². The quantitative estimate of drug-likeness (QED) is 0.779. The molecule has 1 heterocycles. The van der Waals surface area contributed by atoms with Crippen LogP contribution in [-0.2, 0) is 13.0 Å². The molecule has 0 spiro atoms. The summed E-state index contributed by atoms with van der Waals surface area (Å²) in [5, 5.41) is 0. The second-order valence-electron chi connectivity index (χ2n) is 4.76. The number of imidazole rings is 1. The molecule has 2 N–H and O–H groups in total. The monoisotopic (exact) mass is 210 g/mol. The fraction of sp³-hybridized carbons (Fsp3) is 0.727. The van der Waals surface area contributed by atoms with Crippen molar-refractivity contribution in [1.82, 2.24) is 14.5 Å². The second kappa shape index (κ2) is 4.77. The summed E-state index contributed by atoms with van der Waals surface area (Å²) in [6.45, 7) is 6.06. The van der Waals surface area contributed by atoms with E-state index in [-0.39, 0.29) is 5.54 Å². The molecule has 86 valence electrons. The first-order chi connectivity index (χ1) is 6.97. The van der Waals surface area contributed by atoms with Crippen molar-refractivity contribution >= 4 is 0 Å². The minimum atomic E-state index is 0.129. The summed E-state index contributed by atoms with van der Waals surface area (Å²) in [7, 11) is 4.19. The standard InChI is InChI=1S/C11H22N4/c1-11(2,14(3)4)8-15-9-13-7-10(15)5-6-12/h7,9H,5-6,8,12H2,1-4H3. The Kier molecular flexibility index (Phi) is 3.88. The van der Waals surface area contributed by atoms with Crippen molar-refractivity contribution in [2.45, 2.75) is 32.4 Å². The van der Waals surface area contributed by atoms with E-state index in [0.717, 1.165) is 13.0 Å². The van der Waals surface area contributed by atoms with Crippen LogP contribution < -0.4 is 5.73 Å². The zero-order valence-corrected chi connectivity index (χ0v) is 10.2. The largest absolute Gasteiger partial charge is 0.333 e. The van der Waals surface area contributed by atoms with Gasteiger partial charge < -0.3 is 15.2 Å². The van der Waals surface area contributed by atoms with Gasteiger partial charge in [-0.15, -0.1) is 0 Å². The van der Waals surface area contributed by atoms with Gasteiger partial charge in [0.2, 0.25) is 0 Å². The average Bonchev–Trinajstić information content (AvgIpc) is 2.52. The summed E-state index contributed by atoms with van der Waals surface area (Å²) >= 11 is 0. The molecule has 0 aromatic carbocycles. The molecule has 0 saturated heterocycles. The van der Waals surface area contributed by atoms with Gasteiger partial charge in [-0.3, -0.25) is 0 Å². The van der Waals surface area contributed by atoms with Crippen molar-refractivity contribution < 1.29 is 0 Å². The minimum absolute atomic E-state index is 0.129. The molecule has 1 aromatic heterocycles. The zero-order chi connectivity index (χ0) is 11.5. The first-order valence-corrected chi connectivity index (χ1v) is 5.34. The number of nitrogens with zero attached hydrogens (tertiary/aromatic N) is 3. The van der Waals surface area contributed by atoms with E-state index in [1.54, 1.807) is 0 Å². The van der Waals surface area contributed by atoms with Crippen molar-refractivity contribution in [3.63, 3.8) is 0 Å². The van der Waals surface area contributed by atoms with Crippen LogP contribution in [-0.4, -0.2) is 40.6 Å². The Balaban J connectivity index is 2.75. The molecule has 0 unspecified atom stereocenters. The topological polar surface area (TPSA) is 47.1 Å². The van der Waals surface area contributed by atoms with Crippen molar-refractivity contribution in [3.8, 4) is 0 Å². The van der Waals surface area contributed by atoms with E-state index >= 15 is 0 Å². The van der Waals surface area contributed by atoms with Gasteiger partial charge in [0.1, 0.15) is 0 Å². The highest BCUT2D eigenvalue weighted by Crippen LogP contribution is 2.14. The summed E-state index contributed by atoms with van der Waals surface area (Å²) in [4.78, 5) is 6.39. The molecule has 0 aliphatic heterocycles. The van der Waals surface area contributed by atoms with Crippen LogP contribution in [0, 0.1) is 0 Å². The molecule has 0 aliphatic rings. The molecule has 15 heavy (non-hydrogen) atoms. The van der Waals surface area contributed by atoms with E-state index in [9.17, 15) is 0 Å². The Bertz CT molecular complexity index is 301. The third kappa shape index (κ3) is 3.04.